The average molecular weight is 343 g/mol. The Balaban J connectivity index is 1.91. The number of sulfonamides is 1. The zero-order valence-electron chi connectivity index (χ0n) is 12.5. The third-order valence-corrected chi connectivity index (χ3v) is 6.01. The number of rotatable bonds is 7. The second kappa shape index (κ2) is 7.21. The Morgan fingerprint density at radius 1 is 1.27 bits per heavy atom. The number of nitrogens with zero attached hydrogens (tertiary/aromatic N) is 1. The number of para-hydroxylation sites is 1. The Labute approximate surface area is 134 Å². The van der Waals surface area contributed by atoms with Crippen LogP contribution in [0.15, 0.2) is 35.7 Å². The van der Waals surface area contributed by atoms with Gasteiger partial charge in [0.1, 0.15) is 6.61 Å². The molecule has 0 amide bonds. The SMILES string of the molecule is Cc1ccsc1CN(C)S(=O)(=O)CCOc1ccccc1F. The molecule has 0 aliphatic rings. The van der Waals surface area contributed by atoms with Crippen LogP contribution >= 0.6 is 11.3 Å². The lowest BCUT2D eigenvalue weighted by molar-refractivity contribution is 0.319. The first-order chi connectivity index (χ1) is 10.4. The van der Waals surface area contributed by atoms with Crippen molar-refractivity contribution >= 4 is 21.4 Å². The fourth-order valence-electron chi connectivity index (χ4n) is 1.84. The zero-order chi connectivity index (χ0) is 16.2. The van der Waals surface area contributed by atoms with E-state index in [0.29, 0.717) is 6.54 Å². The first-order valence-corrected chi connectivity index (χ1v) is 9.23. The van der Waals surface area contributed by atoms with E-state index >= 15 is 0 Å². The lowest BCUT2D eigenvalue weighted by Gasteiger charge is -2.17. The van der Waals surface area contributed by atoms with Gasteiger partial charge in [-0.25, -0.2) is 12.8 Å². The van der Waals surface area contributed by atoms with Gasteiger partial charge in [0.05, 0.1) is 5.75 Å². The maximum absolute atomic E-state index is 13.4. The molecule has 1 aromatic heterocycles. The van der Waals surface area contributed by atoms with Crippen molar-refractivity contribution in [2.24, 2.45) is 0 Å². The topological polar surface area (TPSA) is 46.6 Å². The van der Waals surface area contributed by atoms with E-state index in [-0.39, 0.29) is 18.1 Å². The van der Waals surface area contributed by atoms with Crippen LogP contribution in [0.25, 0.3) is 0 Å². The van der Waals surface area contributed by atoms with Crippen molar-refractivity contribution in [2.75, 3.05) is 19.4 Å². The van der Waals surface area contributed by atoms with Gasteiger partial charge in [0.15, 0.2) is 11.6 Å². The van der Waals surface area contributed by atoms with Gasteiger partial charge in [-0.3, -0.25) is 0 Å². The summed E-state index contributed by atoms with van der Waals surface area (Å²) in [6.07, 6.45) is 0. The number of hydrogen-bond donors (Lipinski definition) is 0. The molecule has 2 aromatic rings. The Kier molecular flexibility index (Phi) is 5.55. The molecule has 1 heterocycles. The molecule has 0 atom stereocenters. The minimum atomic E-state index is -3.44. The fourth-order valence-corrected chi connectivity index (χ4v) is 3.81. The van der Waals surface area contributed by atoms with Crippen LogP contribution in [0.1, 0.15) is 10.4 Å². The van der Waals surface area contributed by atoms with Crippen molar-refractivity contribution in [3.8, 4) is 5.75 Å². The van der Waals surface area contributed by atoms with E-state index in [1.54, 1.807) is 12.1 Å². The molecule has 0 radical (unpaired) electrons. The molecular weight excluding hydrogens is 325 g/mol. The summed E-state index contributed by atoms with van der Waals surface area (Å²) in [5.41, 5.74) is 1.08. The minimum absolute atomic E-state index is 0.0643. The van der Waals surface area contributed by atoms with Crippen LogP contribution < -0.4 is 4.74 Å². The van der Waals surface area contributed by atoms with Crippen LogP contribution in [-0.2, 0) is 16.6 Å². The summed E-state index contributed by atoms with van der Waals surface area (Å²) in [4.78, 5) is 1.01. The maximum atomic E-state index is 13.4. The van der Waals surface area contributed by atoms with Crippen LogP contribution in [0, 0.1) is 12.7 Å². The number of thiophene rings is 1. The van der Waals surface area contributed by atoms with Gasteiger partial charge in [-0.05, 0) is 36.1 Å². The Morgan fingerprint density at radius 3 is 2.64 bits per heavy atom. The second-order valence-corrected chi connectivity index (χ2v) is 8.07. The molecule has 0 aliphatic carbocycles. The molecule has 0 fully saturated rings. The van der Waals surface area contributed by atoms with Gasteiger partial charge in [-0.2, -0.15) is 4.31 Å². The highest BCUT2D eigenvalue weighted by Crippen LogP contribution is 2.19. The van der Waals surface area contributed by atoms with Crippen LogP contribution in [-0.4, -0.2) is 32.1 Å². The summed E-state index contributed by atoms with van der Waals surface area (Å²) in [5.74, 6) is -0.626. The molecule has 0 N–H and O–H groups in total. The molecule has 2 rings (SSSR count). The standard InChI is InChI=1S/C15H18FNO3S2/c1-12-7-9-21-15(12)11-17(2)22(18,19)10-8-20-14-6-4-3-5-13(14)16/h3-7,9H,8,10-11H2,1-2H3. The molecule has 4 nitrogen and oxygen atoms in total. The molecule has 1 aromatic carbocycles. The molecule has 0 aliphatic heterocycles. The third kappa shape index (κ3) is 4.28. The van der Waals surface area contributed by atoms with Crippen LogP contribution in [0.5, 0.6) is 5.75 Å². The molecular formula is C15H18FNO3S2. The quantitative estimate of drug-likeness (QED) is 0.776. The number of ether oxygens (including phenoxy) is 1. The van der Waals surface area contributed by atoms with Gasteiger partial charge < -0.3 is 4.74 Å². The predicted octanol–water partition coefficient (Wildman–Crippen LogP) is 3.04. The molecule has 0 saturated heterocycles. The van der Waals surface area contributed by atoms with Crippen molar-refractivity contribution in [1.29, 1.82) is 0 Å². The Morgan fingerprint density at radius 2 is 2.00 bits per heavy atom. The molecule has 120 valence electrons. The summed E-state index contributed by atoms with van der Waals surface area (Å²) in [7, 11) is -1.90. The molecule has 0 unspecified atom stereocenters. The minimum Gasteiger partial charge on any atom is -0.489 e. The Bertz CT molecular complexity index is 728. The number of benzene rings is 1. The molecule has 7 heteroatoms. The maximum Gasteiger partial charge on any atom is 0.217 e. The van der Waals surface area contributed by atoms with E-state index in [1.165, 1.54) is 34.8 Å². The van der Waals surface area contributed by atoms with Gasteiger partial charge >= 0.3 is 0 Å². The lowest BCUT2D eigenvalue weighted by Crippen LogP contribution is -2.31. The fraction of sp³-hybridized carbons (Fsp3) is 0.333. The molecule has 0 bridgehead atoms. The molecule has 0 spiro atoms. The second-order valence-electron chi connectivity index (χ2n) is 4.88. The van der Waals surface area contributed by atoms with Gasteiger partial charge in [0.2, 0.25) is 10.0 Å². The first-order valence-electron chi connectivity index (χ1n) is 6.74. The smallest absolute Gasteiger partial charge is 0.217 e. The van der Waals surface area contributed by atoms with E-state index in [4.69, 9.17) is 4.74 Å². The summed E-state index contributed by atoms with van der Waals surface area (Å²) in [6.45, 7) is 2.20. The summed E-state index contributed by atoms with van der Waals surface area (Å²) in [5, 5.41) is 1.94. The monoisotopic (exact) mass is 343 g/mol. The van der Waals surface area contributed by atoms with Crippen LogP contribution in [0.3, 0.4) is 0 Å². The van der Waals surface area contributed by atoms with Crippen molar-refractivity contribution in [1.82, 2.24) is 4.31 Å². The predicted molar refractivity (Wildman–Crippen MR) is 86.2 cm³/mol. The van der Waals surface area contributed by atoms with E-state index in [2.05, 4.69) is 0 Å². The third-order valence-electron chi connectivity index (χ3n) is 3.24. The van der Waals surface area contributed by atoms with E-state index in [1.807, 2.05) is 18.4 Å². The van der Waals surface area contributed by atoms with E-state index < -0.39 is 15.8 Å². The first kappa shape index (κ1) is 16.9. The van der Waals surface area contributed by atoms with Gasteiger partial charge in [0, 0.05) is 18.5 Å². The number of hydrogen-bond acceptors (Lipinski definition) is 4. The highest BCUT2D eigenvalue weighted by Gasteiger charge is 2.19. The van der Waals surface area contributed by atoms with Crippen molar-refractivity contribution < 1.29 is 17.5 Å². The van der Waals surface area contributed by atoms with Crippen molar-refractivity contribution in [3.63, 3.8) is 0 Å². The van der Waals surface area contributed by atoms with E-state index in [9.17, 15) is 12.8 Å². The number of halogens is 1. The lowest BCUT2D eigenvalue weighted by atomic mass is 10.3. The molecule has 22 heavy (non-hydrogen) atoms. The normalized spacial score (nSPS) is 11.8. The number of aryl methyl sites for hydroxylation is 1. The summed E-state index contributed by atoms with van der Waals surface area (Å²) >= 11 is 1.53. The van der Waals surface area contributed by atoms with E-state index in [0.717, 1.165) is 10.4 Å². The van der Waals surface area contributed by atoms with Gasteiger partial charge in [0.25, 0.3) is 0 Å². The van der Waals surface area contributed by atoms with Crippen molar-refractivity contribution in [2.45, 2.75) is 13.5 Å². The van der Waals surface area contributed by atoms with Gasteiger partial charge in [-0.15, -0.1) is 11.3 Å². The summed E-state index contributed by atoms with van der Waals surface area (Å²) < 4.78 is 44.3. The average Bonchev–Trinajstić information content (AvgIpc) is 2.86. The Hall–Kier alpha value is -1.44. The molecule has 0 saturated carbocycles. The van der Waals surface area contributed by atoms with Crippen LogP contribution in [0.4, 0.5) is 4.39 Å². The zero-order valence-corrected chi connectivity index (χ0v) is 14.1. The summed E-state index contributed by atoms with van der Waals surface area (Å²) in [6, 6.07) is 7.90. The largest absolute Gasteiger partial charge is 0.489 e. The van der Waals surface area contributed by atoms with Gasteiger partial charge in [-0.1, -0.05) is 12.1 Å². The van der Waals surface area contributed by atoms with Crippen molar-refractivity contribution in [3.05, 3.63) is 52.0 Å². The van der Waals surface area contributed by atoms with Crippen LogP contribution in [0.2, 0.25) is 0 Å². The highest BCUT2D eigenvalue weighted by molar-refractivity contribution is 7.89. The highest BCUT2D eigenvalue weighted by atomic mass is 32.2.